The van der Waals surface area contributed by atoms with E-state index in [1.165, 1.54) is 12.4 Å². The minimum Gasteiger partial charge on any atom is -0.476 e. The van der Waals surface area contributed by atoms with Gasteiger partial charge in [0.1, 0.15) is 6.33 Å². The van der Waals surface area contributed by atoms with Crippen molar-refractivity contribution in [2.24, 2.45) is 0 Å². The van der Waals surface area contributed by atoms with E-state index in [-0.39, 0.29) is 17.3 Å². The molecule has 3 rings (SSSR count). The van der Waals surface area contributed by atoms with Crippen molar-refractivity contribution in [3.05, 3.63) is 82.1 Å². The predicted octanol–water partition coefficient (Wildman–Crippen LogP) is 3.12. The summed E-state index contributed by atoms with van der Waals surface area (Å²) in [5.41, 5.74) is 6.72. The molecule has 0 spiro atoms. The monoisotopic (exact) mass is 433 g/mol. The van der Waals surface area contributed by atoms with Crippen molar-refractivity contribution in [2.75, 3.05) is 12.3 Å². The summed E-state index contributed by atoms with van der Waals surface area (Å²) in [7, 11) is 0. The Morgan fingerprint density at radius 3 is 2.48 bits per heavy atom. The van der Waals surface area contributed by atoms with E-state index in [2.05, 4.69) is 20.3 Å². The number of carbonyl (C=O) groups excluding carboxylic acids is 1. The number of anilines is 1. The molecule has 0 fully saturated rings. The number of nitrogens with two attached hydrogens (primary N) is 1. The van der Waals surface area contributed by atoms with Crippen LogP contribution in [-0.4, -0.2) is 38.5 Å². The topological polar surface area (TPSA) is 131 Å². The van der Waals surface area contributed by atoms with Gasteiger partial charge in [-0.1, -0.05) is 29.3 Å². The van der Waals surface area contributed by atoms with Crippen LogP contribution in [0.25, 0.3) is 0 Å². The van der Waals surface area contributed by atoms with E-state index in [1.54, 1.807) is 30.5 Å². The summed E-state index contributed by atoms with van der Waals surface area (Å²) in [6, 6.07) is 8.90. The first-order chi connectivity index (χ1) is 13.9. The van der Waals surface area contributed by atoms with Crippen molar-refractivity contribution in [3.63, 3.8) is 0 Å². The van der Waals surface area contributed by atoms with Crippen molar-refractivity contribution in [3.8, 4) is 0 Å². The Morgan fingerprint density at radius 1 is 1.10 bits per heavy atom. The summed E-state index contributed by atoms with van der Waals surface area (Å²) >= 11 is 11.8. The highest BCUT2D eigenvalue weighted by atomic mass is 35.5. The van der Waals surface area contributed by atoms with Gasteiger partial charge in [-0.2, -0.15) is 0 Å². The zero-order valence-corrected chi connectivity index (χ0v) is 16.6. The van der Waals surface area contributed by atoms with Crippen molar-refractivity contribution >= 4 is 40.8 Å². The molecule has 0 bridgehead atoms. The lowest BCUT2D eigenvalue weighted by Gasteiger charge is -2.06. The van der Waals surface area contributed by atoms with E-state index in [1.807, 2.05) is 6.07 Å². The molecule has 0 radical (unpaired) electrons. The Labute approximate surface area is 176 Å². The lowest BCUT2D eigenvalue weighted by Crippen LogP contribution is -2.25. The summed E-state index contributed by atoms with van der Waals surface area (Å²) in [5, 5.41) is 12.3. The van der Waals surface area contributed by atoms with Crippen LogP contribution in [0.4, 0.5) is 5.69 Å². The van der Waals surface area contributed by atoms with Crippen LogP contribution in [0.1, 0.15) is 26.4 Å². The van der Waals surface area contributed by atoms with Crippen LogP contribution in [0.15, 0.2) is 55.2 Å². The summed E-state index contributed by atoms with van der Waals surface area (Å²) in [6.07, 6.45) is 6.25. The van der Waals surface area contributed by atoms with E-state index < -0.39 is 5.97 Å². The van der Waals surface area contributed by atoms with Crippen LogP contribution < -0.4 is 11.1 Å². The SMILES string of the molecule is Nc1cncnc1C(=O)O.O=C(NCCc1ccc(Cl)c(Cl)c1)c1cccnc1. The molecule has 4 N–H and O–H groups in total. The molecule has 0 atom stereocenters. The predicted molar refractivity (Wildman–Crippen MR) is 110 cm³/mol. The molecule has 10 heteroatoms. The normalized spacial score (nSPS) is 9.86. The van der Waals surface area contributed by atoms with Crippen LogP contribution in [0, 0.1) is 0 Å². The van der Waals surface area contributed by atoms with Crippen LogP contribution in [0.2, 0.25) is 10.0 Å². The number of nitrogens with one attached hydrogen (secondary N) is 1. The highest BCUT2D eigenvalue weighted by molar-refractivity contribution is 6.42. The van der Waals surface area contributed by atoms with Gasteiger partial charge in [0.15, 0.2) is 5.69 Å². The first-order valence-electron chi connectivity index (χ1n) is 8.29. The molecule has 0 aliphatic rings. The Balaban J connectivity index is 0.000000253. The third-order valence-corrected chi connectivity index (χ3v) is 4.29. The van der Waals surface area contributed by atoms with Gasteiger partial charge in [0, 0.05) is 18.9 Å². The lowest BCUT2D eigenvalue weighted by molar-refractivity contribution is 0.0691. The summed E-state index contributed by atoms with van der Waals surface area (Å²) < 4.78 is 0. The van der Waals surface area contributed by atoms with Crippen LogP contribution in [-0.2, 0) is 6.42 Å². The fraction of sp³-hybridized carbons (Fsp3) is 0.105. The van der Waals surface area contributed by atoms with Gasteiger partial charge in [0.25, 0.3) is 5.91 Å². The number of aromatic nitrogens is 3. The number of nitrogens with zero attached hydrogens (tertiary/aromatic N) is 3. The number of nitrogen functional groups attached to an aromatic ring is 1. The van der Waals surface area contributed by atoms with E-state index in [0.717, 1.165) is 11.9 Å². The molecule has 1 amide bonds. The number of benzene rings is 1. The minimum absolute atomic E-state index is 0.0787. The fourth-order valence-corrected chi connectivity index (χ4v) is 2.45. The van der Waals surface area contributed by atoms with Gasteiger partial charge in [-0.25, -0.2) is 14.8 Å². The van der Waals surface area contributed by atoms with Gasteiger partial charge in [-0.3, -0.25) is 9.78 Å². The Hall–Kier alpha value is -3.23. The first-order valence-corrected chi connectivity index (χ1v) is 9.05. The molecule has 0 saturated heterocycles. The van der Waals surface area contributed by atoms with Gasteiger partial charge in [-0.15, -0.1) is 0 Å². The highest BCUT2D eigenvalue weighted by Crippen LogP contribution is 2.22. The second kappa shape index (κ2) is 10.9. The number of pyridine rings is 1. The molecule has 0 aliphatic heterocycles. The van der Waals surface area contributed by atoms with Gasteiger partial charge in [0.2, 0.25) is 0 Å². The Bertz CT molecular complexity index is 987. The van der Waals surface area contributed by atoms with Gasteiger partial charge in [-0.05, 0) is 36.2 Å². The zero-order valence-electron chi connectivity index (χ0n) is 15.0. The summed E-state index contributed by atoms with van der Waals surface area (Å²) in [5.74, 6) is -1.27. The summed E-state index contributed by atoms with van der Waals surface area (Å²) in [6.45, 7) is 0.533. The molecular formula is C19H17Cl2N5O3. The maximum Gasteiger partial charge on any atom is 0.356 e. The average Bonchev–Trinajstić information content (AvgIpc) is 2.72. The second-order valence-corrected chi connectivity index (χ2v) is 6.44. The van der Waals surface area contributed by atoms with Gasteiger partial charge in [0.05, 0.1) is 27.5 Å². The maximum absolute atomic E-state index is 11.8. The standard InChI is InChI=1S/C14H12Cl2N2O.C5H5N3O2/c15-12-4-3-10(8-13(12)16)5-7-18-14(19)11-2-1-6-17-9-11;6-3-1-7-2-8-4(3)5(9)10/h1-4,6,8-9H,5,7H2,(H,18,19);1-2H,6H2,(H,9,10). The van der Waals surface area contributed by atoms with Crippen molar-refractivity contribution in [1.82, 2.24) is 20.3 Å². The maximum atomic E-state index is 11.8. The van der Waals surface area contributed by atoms with Crippen LogP contribution in [0.3, 0.4) is 0 Å². The third kappa shape index (κ3) is 7.02. The lowest BCUT2D eigenvalue weighted by atomic mass is 10.1. The van der Waals surface area contributed by atoms with Crippen LogP contribution >= 0.6 is 23.2 Å². The number of halogens is 2. The number of hydrogen-bond donors (Lipinski definition) is 3. The molecule has 8 nitrogen and oxygen atoms in total. The van der Waals surface area contributed by atoms with Crippen molar-refractivity contribution in [1.29, 1.82) is 0 Å². The third-order valence-electron chi connectivity index (χ3n) is 3.55. The molecular weight excluding hydrogens is 417 g/mol. The number of aromatic carboxylic acids is 1. The fourth-order valence-electron chi connectivity index (χ4n) is 2.13. The Kier molecular flexibility index (Phi) is 8.32. The molecule has 2 aromatic heterocycles. The van der Waals surface area contributed by atoms with Crippen molar-refractivity contribution < 1.29 is 14.7 Å². The van der Waals surface area contributed by atoms with E-state index in [4.69, 9.17) is 34.0 Å². The minimum atomic E-state index is -1.14. The molecule has 0 saturated carbocycles. The number of amides is 1. The van der Waals surface area contributed by atoms with E-state index in [0.29, 0.717) is 28.6 Å². The summed E-state index contributed by atoms with van der Waals surface area (Å²) in [4.78, 5) is 32.9. The van der Waals surface area contributed by atoms with Gasteiger partial charge < -0.3 is 16.2 Å². The van der Waals surface area contributed by atoms with Crippen molar-refractivity contribution in [2.45, 2.75) is 6.42 Å². The molecule has 0 aliphatic carbocycles. The van der Waals surface area contributed by atoms with Gasteiger partial charge >= 0.3 is 5.97 Å². The smallest absolute Gasteiger partial charge is 0.356 e. The molecule has 0 unspecified atom stereocenters. The number of carboxylic acids is 1. The molecule has 150 valence electrons. The number of carbonyl (C=O) groups is 2. The zero-order chi connectivity index (χ0) is 21.2. The number of hydrogen-bond acceptors (Lipinski definition) is 6. The van der Waals surface area contributed by atoms with Crippen LogP contribution in [0.5, 0.6) is 0 Å². The second-order valence-electron chi connectivity index (χ2n) is 5.63. The quantitative estimate of drug-likeness (QED) is 0.562. The highest BCUT2D eigenvalue weighted by Gasteiger charge is 2.07. The first kappa shape index (κ1) is 22.1. The Morgan fingerprint density at radius 2 is 1.90 bits per heavy atom. The number of rotatable bonds is 5. The molecule has 2 heterocycles. The molecule has 29 heavy (non-hydrogen) atoms. The van der Waals surface area contributed by atoms with E-state index >= 15 is 0 Å². The van der Waals surface area contributed by atoms with E-state index in [9.17, 15) is 9.59 Å². The number of carboxylic acid groups (broad SMARTS) is 1. The molecule has 1 aromatic carbocycles. The largest absolute Gasteiger partial charge is 0.476 e. The molecule has 3 aromatic rings. The average molecular weight is 434 g/mol.